The molecule has 0 radical (unpaired) electrons. The lowest BCUT2D eigenvalue weighted by Gasteiger charge is -2.16. The molecule has 0 unspecified atom stereocenters. The van der Waals surface area contributed by atoms with Gasteiger partial charge in [-0.15, -0.1) is 5.10 Å². The number of aromatic nitrogens is 4. The van der Waals surface area contributed by atoms with Crippen LogP contribution in [0.3, 0.4) is 0 Å². The number of nitrogens with one attached hydrogen (secondary N) is 1. The summed E-state index contributed by atoms with van der Waals surface area (Å²) in [6.45, 7) is 2.91. The molecule has 2 aromatic heterocycles. The molecule has 3 aromatic rings. The van der Waals surface area contributed by atoms with E-state index >= 15 is 0 Å². The molecule has 1 atom stereocenters. The molecule has 1 aromatic carbocycles. The van der Waals surface area contributed by atoms with Crippen molar-refractivity contribution in [2.24, 2.45) is 5.73 Å². The zero-order valence-corrected chi connectivity index (χ0v) is 17.6. The molecule has 8 nitrogen and oxygen atoms in total. The van der Waals surface area contributed by atoms with Crippen LogP contribution in [0.1, 0.15) is 55.8 Å². The van der Waals surface area contributed by atoms with Crippen molar-refractivity contribution in [2.75, 3.05) is 0 Å². The van der Waals surface area contributed by atoms with Crippen LogP contribution in [0.5, 0.6) is 0 Å². The second-order valence-corrected chi connectivity index (χ2v) is 7.80. The zero-order chi connectivity index (χ0) is 24.7. The first kappa shape index (κ1) is 24.2. The van der Waals surface area contributed by atoms with E-state index in [-0.39, 0.29) is 27.7 Å². The first-order valence-corrected chi connectivity index (χ1v) is 9.78. The largest absolute Gasteiger partial charge is 0.416 e. The number of carbonyl (C=O) groups excluding carboxylic acids is 2. The van der Waals surface area contributed by atoms with Gasteiger partial charge in [0.2, 0.25) is 5.13 Å². The molecule has 3 N–H and O–H groups in total. The number of rotatable bonds is 5. The fourth-order valence-electron chi connectivity index (χ4n) is 2.76. The van der Waals surface area contributed by atoms with E-state index in [9.17, 15) is 35.9 Å². The second-order valence-electron chi connectivity index (χ2n) is 6.79. The number of carbonyl (C=O) groups is 2. The Hall–Kier alpha value is -3.49. The Labute approximate surface area is 185 Å². The Bertz CT molecular complexity index is 1180. The maximum atomic E-state index is 13.1. The van der Waals surface area contributed by atoms with Gasteiger partial charge in [-0.2, -0.15) is 31.0 Å². The highest BCUT2D eigenvalue weighted by Crippen LogP contribution is 2.36. The van der Waals surface area contributed by atoms with E-state index in [1.165, 1.54) is 24.7 Å². The van der Waals surface area contributed by atoms with E-state index in [2.05, 4.69) is 20.4 Å². The van der Waals surface area contributed by atoms with E-state index < -0.39 is 46.9 Å². The lowest BCUT2D eigenvalue weighted by molar-refractivity contribution is -0.143. The summed E-state index contributed by atoms with van der Waals surface area (Å²) in [5.41, 5.74) is 1.13. The van der Waals surface area contributed by atoms with Crippen LogP contribution in [-0.4, -0.2) is 31.6 Å². The summed E-state index contributed by atoms with van der Waals surface area (Å²) < 4.78 is 79.6. The zero-order valence-electron chi connectivity index (χ0n) is 16.7. The molecular weight excluding hydrogens is 478 g/mol. The number of nitrogens with two attached hydrogens (primary N) is 1. The predicted octanol–water partition coefficient (Wildman–Crippen LogP) is 3.66. The highest BCUT2D eigenvalue weighted by Gasteiger charge is 2.37. The maximum Gasteiger partial charge on any atom is 0.416 e. The molecule has 0 saturated heterocycles. The average Bonchev–Trinajstić information content (AvgIpc) is 3.33. The first-order chi connectivity index (χ1) is 15.2. The minimum Gasteiger partial charge on any atom is -0.365 e. The first-order valence-electron chi connectivity index (χ1n) is 8.96. The van der Waals surface area contributed by atoms with Gasteiger partial charge in [0.25, 0.3) is 11.8 Å². The van der Waals surface area contributed by atoms with Crippen molar-refractivity contribution in [3.63, 3.8) is 0 Å². The molecule has 3 rings (SSSR count). The van der Waals surface area contributed by atoms with Gasteiger partial charge in [-0.3, -0.25) is 9.59 Å². The number of benzene rings is 1. The Kier molecular flexibility index (Phi) is 6.19. The summed E-state index contributed by atoms with van der Waals surface area (Å²) in [7, 11) is 0. The van der Waals surface area contributed by atoms with E-state index in [0.717, 1.165) is 11.3 Å². The molecular formula is C18H14F6N6O2S. The van der Waals surface area contributed by atoms with Gasteiger partial charge in [-0.1, -0.05) is 11.3 Å². The van der Waals surface area contributed by atoms with Crippen LogP contribution in [0, 0.1) is 6.92 Å². The fraction of sp³-hybridized carbons (Fsp3) is 0.278. The van der Waals surface area contributed by atoms with Crippen LogP contribution >= 0.6 is 11.3 Å². The van der Waals surface area contributed by atoms with Crippen LogP contribution in [0.15, 0.2) is 24.4 Å². The van der Waals surface area contributed by atoms with E-state index in [4.69, 9.17) is 5.73 Å². The van der Waals surface area contributed by atoms with Crippen LogP contribution in [0.2, 0.25) is 0 Å². The van der Waals surface area contributed by atoms with Gasteiger partial charge in [0.1, 0.15) is 10.7 Å². The summed E-state index contributed by atoms with van der Waals surface area (Å²) in [5, 5.41) is 6.58. The van der Waals surface area contributed by atoms with E-state index in [1.807, 2.05) is 0 Å². The molecule has 0 bridgehead atoms. The number of hydrogen-bond donors (Lipinski definition) is 2. The highest BCUT2D eigenvalue weighted by atomic mass is 32.1. The minimum absolute atomic E-state index is 0.0705. The molecule has 33 heavy (non-hydrogen) atoms. The van der Waals surface area contributed by atoms with Gasteiger partial charge < -0.3 is 11.1 Å². The van der Waals surface area contributed by atoms with Gasteiger partial charge in [0, 0.05) is 5.56 Å². The quantitative estimate of drug-likeness (QED) is 0.528. The monoisotopic (exact) mass is 492 g/mol. The summed E-state index contributed by atoms with van der Waals surface area (Å²) in [4.78, 5) is 32.1. The SMILES string of the molecule is Cc1nc([C@H](C)NC(=O)c2cc(C(F)(F)F)cc(C(F)(F)F)c2)n(-c2ncc(C(N)=O)s2)n1. The standard InChI is InChI=1S/C18H14F6N6O2S/c1-7(14-28-8(2)29-30(14)16-26-6-12(33-16)13(25)31)27-15(32)9-3-10(17(19,20)21)5-11(4-9)18(22,23)24/h3-7H,1-2H3,(H2,25,31)(H,27,32)/t7-/m0/s1. The van der Waals surface area contributed by atoms with Gasteiger partial charge in [-0.25, -0.2) is 9.97 Å². The van der Waals surface area contributed by atoms with Gasteiger partial charge >= 0.3 is 12.4 Å². The molecule has 0 spiro atoms. The summed E-state index contributed by atoms with van der Waals surface area (Å²) in [6.07, 6.45) is -8.99. The predicted molar refractivity (Wildman–Crippen MR) is 103 cm³/mol. The Balaban J connectivity index is 1.94. The lowest BCUT2D eigenvalue weighted by atomic mass is 10.0. The summed E-state index contributed by atoms with van der Waals surface area (Å²) in [5.74, 6) is -1.61. The van der Waals surface area contributed by atoms with Crippen molar-refractivity contribution < 1.29 is 35.9 Å². The number of nitrogens with zero attached hydrogens (tertiary/aromatic N) is 4. The van der Waals surface area contributed by atoms with Gasteiger partial charge in [-0.05, 0) is 32.0 Å². The second kappa shape index (κ2) is 8.46. The Morgan fingerprint density at radius 2 is 1.67 bits per heavy atom. The Morgan fingerprint density at radius 1 is 1.09 bits per heavy atom. The normalized spacial score (nSPS) is 13.1. The van der Waals surface area contributed by atoms with Crippen molar-refractivity contribution in [2.45, 2.75) is 32.2 Å². The molecule has 0 aliphatic heterocycles. The van der Waals surface area contributed by atoms with Crippen molar-refractivity contribution >= 4 is 23.2 Å². The van der Waals surface area contributed by atoms with Crippen LogP contribution in [-0.2, 0) is 12.4 Å². The van der Waals surface area contributed by atoms with Crippen LogP contribution < -0.4 is 11.1 Å². The molecule has 15 heteroatoms. The number of hydrogen-bond acceptors (Lipinski definition) is 6. The molecule has 0 fully saturated rings. The third-order valence-corrected chi connectivity index (χ3v) is 5.23. The summed E-state index contributed by atoms with van der Waals surface area (Å²) >= 11 is 0.876. The number of amides is 2. The molecule has 0 saturated carbocycles. The van der Waals surface area contributed by atoms with Crippen LogP contribution in [0.4, 0.5) is 26.3 Å². The van der Waals surface area contributed by atoms with E-state index in [0.29, 0.717) is 12.1 Å². The average molecular weight is 492 g/mol. The lowest BCUT2D eigenvalue weighted by Crippen LogP contribution is -2.29. The minimum atomic E-state index is -5.10. The summed E-state index contributed by atoms with van der Waals surface area (Å²) in [6, 6.07) is -0.428. The Morgan fingerprint density at radius 3 is 2.15 bits per heavy atom. The number of alkyl halides is 6. The van der Waals surface area contributed by atoms with Crippen molar-refractivity contribution in [3.05, 3.63) is 57.6 Å². The number of halogens is 6. The maximum absolute atomic E-state index is 13.1. The van der Waals surface area contributed by atoms with Crippen LogP contribution in [0.25, 0.3) is 5.13 Å². The molecule has 2 amide bonds. The third kappa shape index (κ3) is 5.30. The van der Waals surface area contributed by atoms with Gasteiger partial charge in [0.05, 0.1) is 23.4 Å². The third-order valence-electron chi connectivity index (χ3n) is 4.24. The van der Waals surface area contributed by atoms with Crippen molar-refractivity contribution in [3.8, 4) is 5.13 Å². The fourth-order valence-corrected chi connectivity index (χ4v) is 3.49. The van der Waals surface area contributed by atoms with Crippen molar-refractivity contribution in [1.82, 2.24) is 25.1 Å². The molecule has 0 aliphatic rings. The van der Waals surface area contributed by atoms with E-state index in [1.54, 1.807) is 0 Å². The topological polar surface area (TPSA) is 116 Å². The molecule has 176 valence electrons. The van der Waals surface area contributed by atoms with Crippen molar-refractivity contribution in [1.29, 1.82) is 0 Å². The molecule has 2 heterocycles. The highest BCUT2D eigenvalue weighted by molar-refractivity contribution is 7.16. The number of primary amides is 1. The van der Waals surface area contributed by atoms with Gasteiger partial charge in [0.15, 0.2) is 5.82 Å². The molecule has 0 aliphatic carbocycles. The number of aryl methyl sites for hydroxylation is 1. The number of thiazole rings is 1. The smallest absolute Gasteiger partial charge is 0.365 e.